The first-order chi connectivity index (χ1) is 14.5. The van der Waals surface area contributed by atoms with Gasteiger partial charge in [0.2, 0.25) is 17.7 Å². The molecule has 2 heterocycles. The lowest BCUT2D eigenvalue weighted by atomic mass is 10.1. The van der Waals surface area contributed by atoms with E-state index in [0.29, 0.717) is 30.1 Å². The molecule has 2 aliphatic heterocycles. The van der Waals surface area contributed by atoms with Crippen molar-refractivity contribution in [3.63, 3.8) is 0 Å². The third-order valence-electron chi connectivity index (χ3n) is 5.70. The zero-order valence-corrected chi connectivity index (χ0v) is 17.2. The van der Waals surface area contributed by atoms with Crippen molar-refractivity contribution in [1.82, 2.24) is 0 Å². The molecule has 0 aliphatic carbocycles. The summed E-state index contributed by atoms with van der Waals surface area (Å²) in [5.41, 5.74) is 3.15. The predicted octanol–water partition coefficient (Wildman–Crippen LogP) is 3.12. The average Bonchev–Trinajstić information content (AvgIpc) is 3.33. The average molecular weight is 407 g/mol. The van der Waals surface area contributed by atoms with Gasteiger partial charge < -0.3 is 19.9 Å². The maximum Gasteiger partial charge on any atom is 0.229 e. The molecule has 7 heteroatoms. The normalized spacial score (nSPS) is 18.8. The van der Waals surface area contributed by atoms with Crippen molar-refractivity contribution < 1.29 is 19.1 Å². The van der Waals surface area contributed by atoms with Crippen LogP contribution in [-0.4, -0.2) is 37.9 Å². The smallest absolute Gasteiger partial charge is 0.229 e. The Labute approximate surface area is 175 Å². The van der Waals surface area contributed by atoms with Gasteiger partial charge in [-0.3, -0.25) is 14.4 Å². The van der Waals surface area contributed by atoms with Gasteiger partial charge in [-0.15, -0.1) is 0 Å². The summed E-state index contributed by atoms with van der Waals surface area (Å²) in [7, 11) is 1.56. The maximum atomic E-state index is 12.8. The van der Waals surface area contributed by atoms with Crippen LogP contribution in [0.2, 0.25) is 0 Å². The molecule has 1 atom stereocenters. The van der Waals surface area contributed by atoms with Crippen molar-refractivity contribution in [3.8, 4) is 5.75 Å². The summed E-state index contributed by atoms with van der Waals surface area (Å²) in [4.78, 5) is 40.7. The van der Waals surface area contributed by atoms with Crippen LogP contribution in [-0.2, 0) is 14.4 Å². The summed E-state index contributed by atoms with van der Waals surface area (Å²) < 4.78 is 5.35. The highest BCUT2D eigenvalue weighted by atomic mass is 16.5. The van der Waals surface area contributed by atoms with Crippen molar-refractivity contribution in [2.75, 3.05) is 35.3 Å². The van der Waals surface area contributed by atoms with Crippen molar-refractivity contribution in [2.24, 2.45) is 5.92 Å². The SMILES string of the molecule is COc1ccccc1N1C[C@H](C(=O)Nc2ccc(N3CCCC3=O)c(C)c2)CC1=O. The first-order valence-corrected chi connectivity index (χ1v) is 10.1. The van der Waals surface area contributed by atoms with Gasteiger partial charge in [-0.2, -0.15) is 0 Å². The van der Waals surface area contributed by atoms with Crippen LogP contribution in [0.3, 0.4) is 0 Å². The zero-order valence-electron chi connectivity index (χ0n) is 17.2. The molecule has 4 rings (SSSR count). The van der Waals surface area contributed by atoms with E-state index >= 15 is 0 Å². The lowest BCUT2D eigenvalue weighted by molar-refractivity contribution is -0.122. The number of ether oxygens (including phenoxy) is 1. The molecule has 30 heavy (non-hydrogen) atoms. The topological polar surface area (TPSA) is 79.0 Å². The zero-order chi connectivity index (χ0) is 21.3. The Kier molecular flexibility index (Phi) is 5.44. The predicted molar refractivity (Wildman–Crippen MR) is 115 cm³/mol. The fraction of sp³-hybridized carbons (Fsp3) is 0.348. The molecule has 2 aromatic rings. The molecule has 2 aromatic carbocycles. The molecular formula is C23H25N3O4. The minimum absolute atomic E-state index is 0.0984. The van der Waals surface area contributed by atoms with E-state index in [-0.39, 0.29) is 24.1 Å². The van der Waals surface area contributed by atoms with Gasteiger partial charge >= 0.3 is 0 Å². The van der Waals surface area contributed by atoms with Gasteiger partial charge in [0, 0.05) is 37.3 Å². The van der Waals surface area contributed by atoms with E-state index in [1.807, 2.05) is 37.3 Å². The maximum absolute atomic E-state index is 12.8. The van der Waals surface area contributed by atoms with Gasteiger partial charge in [0.1, 0.15) is 5.75 Å². The van der Waals surface area contributed by atoms with Gasteiger partial charge in [-0.1, -0.05) is 12.1 Å². The van der Waals surface area contributed by atoms with Gasteiger partial charge in [0.05, 0.1) is 18.7 Å². The number of carbonyl (C=O) groups is 3. The lowest BCUT2D eigenvalue weighted by Crippen LogP contribution is -2.28. The Balaban J connectivity index is 1.45. The molecule has 0 spiro atoms. The summed E-state index contributed by atoms with van der Waals surface area (Å²) >= 11 is 0. The number of aryl methyl sites for hydroxylation is 1. The van der Waals surface area contributed by atoms with Crippen LogP contribution in [0.4, 0.5) is 17.1 Å². The Morgan fingerprint density at radius 2 is 1.87 bits per heavy atom. The quantitative estimate of drug-likeness (QED) is 0.826. The van der Waals surface area contributed by atoms with Crippen LogP contribution in [0.25, 0.3) is 0 Å². The molecule has 2 aliphatic rings. The van der Waals surface area contributed by atoms with Crippen LogP contribution in [0.15, 0.2) is 42.5 Å². The Morgan fingerprint density at radius 1 is 1.07 bits per heavy atom. The summed E-state index contributed by atoms with van der Waals surface area (Å²) in [6, 6.07) is 12.8. The highest BCUT2D eigenvalue weighted by molar-refractivity contribution is 6.04. The minimum atomic E-state index is -0.442. The second kappa shape index (κ2) is 8.18. The summed E-state index contributed by atoms with van der Waals surface area (Å²) in [6.45, 7) is 2.97. The van der Waals surface area contributed by atoms with E-state index in [4.69, 9.17) is 4.74 Å². The van der Waals surface area contributed by atoms with E-state index in [1.165, 1.54) is 0 Å². The molecule has 0 saturated carbocycles. The van der Waals surface area contributed by atoms with Gasteiger partial charge in [-0.25, -0.2) is 0 Å². The van der Waals surface area contributed by atoms with Crippen LogP contribution in [0.5, 0.6) is 5.75 Å². The molecular weight excluding hydrogens is 382 g/mol. The third kappa shape index (κ3) is 3.75. The molecule has 0 unspecified atom stereocenters. The summed E-state index contributed by atoms with van der Waals surface area (Å²) in [6.07, 6.45) is 1.61. The second-order valence-corrected chi connectivity index (χ2v) is 7.72. The molecule has 1 N–H and O–H groups in total. The number of methoxy groups -OCH3 is 1. The second-order valence-electron chi connectivity index (χ2n) is 7.72. The number of nitrogens with zero attached hydrogens (tertiary/aromatic N) is 2. The molecule has 7 nitrogen and oxygen atoms in total. The fourth-order valence-corrected chi connectivity index (χ4v) is 4.15. The van der Waals surface area contributed by atoms with Gasteiger partial charge in [0.25, 0.3) is 0 Å². The number of rotatable bonds is 5. The van der Waals surface area contributed by atoms with Gasteiger partial charge in [0.15, 0.2) is 0 Å². The van der Waals surface area contributed by atoms with E-state index in [9.17, 15) is 14.4 Å². The first-order valence-electron chi connectivity index (χ1n) is 10.1. The number of carbonyl (C=O) groups excluding carboxylic acids is 3. The standard InChI is InChI=1S/C23H25N3O4/c1-15-12-17(9-10-18(15)25-11-5-8-21(25)27)24-23(29)16-13-22(28)26(14-16)19-6-3-4-7-20(19)30-2/h3-4,6-7,9-10,12,16H,5,8,11,13-14H2,1-2H3,(H,24,29)/t16-/m1/s1. The third-order valence-corrected chi connectivity index (χ3v) is 5.70. The minimum Gasteiger partial charge on any atom is -0.495 e. The van der Waals surface area contributed by atoms with Crippen molar-refractivity contribution in [3.05, 3.63) is 48.0 Å². The number of amides is 3. The Bertz CT molecular complexity index is 1000. The number of hydrogen-bond donors (Lipinski definition) is 1. The molecule has 2 fully saturated rings. The number of benzene rings is 2. The molecule has 0 bridgehead atoms. The molecule has 0 aromatic heterocycles. The van der Waals surface area contributed by atoms with E-state index in [2.05, 4.69) is 5.32 Å². The fourth-order valence-electron chi connectivity index (χ4n) is 4.15. The first kappa shape index (κ1) is 19.9. The largest absolute Gasteiger partial charge is 0.495 e. The van der Waals surface area contributed by atoms with Crippen LogP contribution < -0.4 is 19.9 Å². The Hall–Kier alpha value is -3.35. The van der Waals surface area contributed by atoms with Crippen molar-refractivity contribution >= 4 is 34.8 Å². The van der Waals surface area contributed by atoms with Crippen LogP contribution in [0, 0.1) is 12.8 Å². The molecule has 0 radical (unpaired) electrons. The van der Waals surface area contributed by atoms with Crippen molar-refractivity contribution in [1.29, 1.82) is 0 Å². The van der Waals surface area contributed by atoms with Crippen molar-refractivity contribution in [2.45, 2.75) is 26.2 Å². The molecule has 156 valence electrons. The summed E-state index contributed by atoms with van der Waals surface area (Å²) in [5, 5.41) is 2.92. The Morgan fingerprint density at radius 3 is 2.57 bits per heavy atom. The number of anilines is 3. The lowest BCUT2D eigenvalue weighted by Gasteiger charge is -2.20. The van der Waals surface area contributed by atoms with Gasteiger partial charge in [-0.05, 0) is 49.2 Å². The highest BCUT2D eigenvalue weighted by Crippen LogP contribution is 2.33. The highest BCUT2D eigenvalue weighted by Gasteiger charge is 2.36. The monoisotopic (exact) mass is 407 g/mol. The van der Waals surface area contributed by atoms with E-state index in [0.717, 1.165) is 24.2 Å². The molecule has 3 amide bonds. The molecule has 2 saturated heterocycles. The van der Waals surface area contributed by atoms with Crippen LogP contribution >= 0.6 is 0 Å². The number of hydrogen-bond acceptors (Lipinski definition) is 4. The summed E-state index contributed by atoms with van der Waals surface area (Å²) in [5.74, 6) is 0.0109. The number of nitrogens with one attached hydrogen (secondary N) is 1. The number of para-hydroxylation sites is 2. The van der Waals surface area contributed by atoms with Crippen LogP contribution in [0.1, 0.15) is 24.8 Å². The van der Waals surface area contributed by atoms with E-state index in [1.54, 1.807) is 29.0 Å². The van der Waals surface area contributed by atoms with E-state index < -0.39 is 5.92 Å².